The molecule has 1 N–H and O–H groups in total. The van der Waals surface area contributed by atoms with E-state index in [0.29, 0.717) is 13.2 Å². The molecule has 0 bridgehead atoms. The van der Waals surface area contributed by atoms with Gasteiger partial charge in [-0.1, -0.05) is 6.08 Å². The Hall–Kier alpha value is -0.340. The van der Waals surface area contributed by atoms with E-state index in [2.05, 4.69) is 6.58 Å². The summed E-state index contributed by atoms with van der Waals surface area (Å²) in [6.45, 7) is 5.01. The maximum Gasteiger partial charge on any atom is 0.0615 e. The lowest BCUT2D eigenvalue weighted by Gasteiger charge is -2.26. The van der Waals surface area contributed by atoms with Gasteiger partial charge < -0.3 is 9.84 Å². The van der Waals surface area contributed by atoms with Gasteiger partial charge in [-0.25, -0.2) is 0 Å². The van der Waals surface area contributed by atoms with Crippen LogP contribution in [-0.4, -0.2) is 24.4 Å². The van der Waals surface area contributed by atoms with Gasteiger partial charge in [-0.15, -0.1) is 6.58 Å². The zero-order chi connectivity index (χ0) is 7.40. The molecule has 0 saturated carbocycles. The normalized spacial score (nSPS) is 33.7. The first-order valence-corrected chi connectivity index (χ1v) is 3.71. The molecule has 1 aliphatic heterocycles. The topological polar surface area (TPSA) is 29.5 Å². The van der Waals surface area contributed by atoms with Crippen molar-refractivity contribution in [2.24, 2.45) is 5.92 Å². The van der Waals surface area contributed by atoms with E-state index in [9.17, 15) is 5.11 Å². The number of allylic oxidation sites excluding steroid dienone is 1. The van der Waals surface area contributed by atoms with Crippen molar-refractivity contribution in [1.82, 2.24) is 0 Å². The first-order valence-electron chi connectivity index (χ1n) is 3.71. The van der Waals surface area contributed by atoms with Crippen LogP contribution in [0.2, 0.25) is 0 Å². The quantitative estimate of drug-likeness (QED) is 0.582. The lowest BCUT2D eigenvalue weighted by atomic mass is 9.95. The number of hydrogen-bond acceptors (Lipinski definition) is 2. The Morgan fingerprint density at radius 1 is 1.70 bits per heavy atom. The van der Waals surface area contributed by atoms with Crippen molar-refractivity contribution in [1.29, 1.82) is 0 Å². The number of aliphatic hydroxyl groups excluding tert-OH is 1. The second-order valence-corrected chi connectivity index (χ2v) is 2.72. The van der Waals surface area contributed by atoms with E-state index in [1.54, 1.807) is 0 Å². The van der Waals surface area contributed by atoms with Gasteiger partial charge in [-0.05, 0) is 12.8 Å². The molecule has 1 heterocycles. The van der Waals surface area contributed by atoms with Crippen molar-refractivity contribution < 1.29 is 9.84 Å². The third kappa shape index (κ3) is 1.82. The molecule has 0 aliphatic carbocycles. The van der Waals surface area contributed by atoms with E-state index < -0.39 is 0 Å². The molecule has 0 amide bonds. The minimum atomic E-state index is -0.174. The third-order valence-electron chi connectivity index (χ3n) is 1.90. The molecule has 10 heavy (non-hydrogen) atoms. The van der Waals surface area contributed by atoms with Crippen molar-refractivity contribution in [3.8, 4) is 0 Å². The Balaban J connectivity index is 2.32. The van der Waals surface area contributed by atoms with Crippen LogP contribution < -0.4 is 0 Å². The fraction of sp³-hybridized carbons (Fsp3) is 0.750. The number of ether oxygens (including phenoxy) is 1. The summed E-state index contributed by atoms with van der Waals surface area (Å²) in [5.74, 6) is 0.284. The molecule has 1 saturated heterocycles. The van der Waals surface area contributed by atoms with Crippen molar-refractivity contribution in [3.63, 3.8) is 0 Å². The van der Waals surface area contributed by atoms with Crippen LogP contribution in [0.25, 0.3) is 0 Å². The monoisotopic (exact) mass is 142 g/mol. The van der Waals surface area contributed by atoms with Crippen LogP contribution in [0.1, 0.15) is 12.8 Å². The van der Waals surface area contributed by atoms with Gasteiger partial charge in [0.2, 0.25) is 0 Å². The van der Waals surface area contributed by atoms with Crippen molar-refractivity contribution in [2.45, 2.75) is 18.9 Å². The minimum Gasteiger partial charge on any atom is -0.393 e. The molecule has 1 aliphatic rings. The predicted octanol–water partition coefficient (Wildman–Crippen LogP) is 0.960. The standard InChI is InChI=1S/C8H14O2/c1-2-3-7-6-10-5-4-8(7)9/h2,7-9H,1,3-6H2. The number of rotatable bonds is 2. The third-order valence-corrected chi connectivity index (χ3v) is 1.90. The van der Waals surface area contributed by atoms with Gasteiger partial charge in [0.05, 0.1) is 12.7 Å². The highest BCUT2D eigenvalue weighted by Gasteiger charge is 2.21. The van der Waals surface area contributed by atoms with Gasteiger partial charge in [0.25, 0.3) is 0 Å². The number of hydrogen-bond donors (Lipinski definition) is 1. The first kappa shape index (κ1) is 7.76. The lowest BCUT2D eigenvalue weighted by molar-refractivity contribution is -0.0340. The molecule has 58 valence electrons. The molecule has 2 atom stereocenters. The Morgan fingerprint density at radius 2 is 2.50 bits per heavy atom. The molecule has 1 fully saturated rings. The van der Waals surface area contributed by atoms with Crippen LogP contribution in [0.15, 0.2) is 12.7 Å². The Bertz CT molecular complexity index is 112. The van der Waals surface area contributed by atoms with Crippen LogP contribution in [0.5, 0.6) is 0 Å². The summed E-state index contributed by atoms with van der Waals surface area (Å²) in [5, 5.41) is 9.37. The molecular weight excluding hydrogens is 128 g/mol. The molecule has 0 aromatic heterocycles. The summed E-state index contributed by atoms with van der Waals surface area (Å²) >= 11 is 0. The molecular formula is C8H14O2. The average molecular weight is 142 g/mol. The molecule has 2 heteroatoms. The van der Waals surface area contributed by atoms with Crippen molar-refractivity contribution in [3.05, 3.63) is 12.7 Å². The van der Waals surface area contributed by atoms with Crippen LogP contribution in [0, 0.1) is 5.92 Å². The zero-order valence-electron chi connectivity index (χ0n) is 6.12. The van der Waals surface area contributed by atoms with Crippen molar-refractivity contribution in [2.75, 3.05) is 13.2 Å². The van der Waals surface area contributed by atoms with Crippen LogP contribution in [-0.2, 0) is 4.74 Å². The summed E-state index contributed by atoms with van der Waals surface area (Å²) in [6.07, 6.45) is 3.30. The van der Waals surface area contributed by atoms with E-state index in [1.165, 1.54) is 0 Å². The second-order valence-electron chi connectivity index (χ2n) is 2.72. The zero-order valence-corrected chi connectivity index (χ0v) is 6.12. The minimum absolute atomic E-state index is 0.174. The number of aliphatic hydroxyl groups is 1. The van der Waals surface area contributed by atoms with Gasteiger partial charge in [0.15, 0.2) is 0 Å². The largest absolute Gasteiger partial charge is 0.393 e. The molecule has 0 spiro atoms. The summed E-state index contributed by atoms with van der Waals surface area (Å²) in [6, 6.07) is 0. The summed E-state index contributed by atoms with van der Waals surface area (Å²) < 4.78 is 5.20. The maximum atomic E-state index is 9.37. The Labute approximate surface area is 61.5 Å². The highest BCUT2D eigenvalue weighted by molar-refractivity contribution is 4.79. The van der Waals surface area contributed by atoms with Crippen LogP contribution in [0.3, 0.4) is 0 Å². The molecule has 2 unspecified atom stereocenters. The fourth-order valence-electron chi connectivity index (χ4n) is 1.22. The Kier molecular flexibility index (Phi) is 2.90. The second kappa shape index (κ2) is 3.74. The first-order chi connectivity index (χ1) is 4.84. The Morgan fingerprint density at radius 3 is 3.10 bits per heavy atom. The van der Waals surface area contributed by atoms with E-state index in [0.717, 1.165) is 12.8 Å². The molecule has 0 aromatic carbocycles. The predicted molar refractivity (Wildman–Crippen MR) is 39.7 cm³/mol. The van der Waals surface area contributed by atoms with Gasteiger partial charge in [-0.2, -0.15) is 0 Å². The lowest BCUT2D eigenvalue weighted by Crippen LogP contribution is -2.31. The average Bonchev–Trinajstić information content (AvgIpc) is 1.94. The van der Waals surface area contributed by atoms with E-state index in [-0.39, 0.29) is 12.0 Å². The van der Waals surface area contributed by atoms with E-state index in [1.807, 2.05) is 6.08 Å². The van der Waals surface area contributed by atoms with Crippen LogP contribution >= 0.6 is 0 Å². The molecule has 1 rings (SSSR count). The highest BCUT2D eigenvalue weighted by atomic mass is 16.5. The summed E-state index contributed by atoms with van der Waals surface area (Å²) in [7, 11) is 0. The summed E-state index contributed by atoms with van der Waals surface area (Å²) in [4.78, 5) is 0. The van der Waals surface area contributed by atoms with E-state index >= 15 is 0 Å². The van der Waals surface area contributed by atoms with Gasteiger partial charge in [0.1, 0.15) is 0 Å². The van der Waals surface area contributed by atoms with Crippen LogP contribution in [0.4, 0.5) is 0 Å². The molecule has 0 aromatic rings. The van der Waals surface area contributed by atoms with Gasteiger partial charge in [-0.3, -0.25) is 0 Å². The highest BCUT2D eigenvalue weighted by Crippen LogP contribution is 2.17. The SMILES string of the molecule is C=CCC1COCCC1O. The van der Waals surface area contributed by atoms with E-state index in [4.69, 9.17) is 4.74 Å². The van der Waals surface area contributed by atoms with Gasteiger partial charge in [0, 0.05) is 12.5 Å². The summed E-state index contributed by atoms with van der Waals surface area (Å²) in [5.41, 5.74) is 0. The maximum absolute atomic E-state index is 9.37. The molecule has 2 nitrogen and oxygen atoms in total. The van der Waals surface area contributed by atoms with Crippen molar-refractivity contribution >= 4 is 0 Å². The fourth-order valence-corrected chi connectivity index (χ4v) is 1.22. The smallest absolute Gasteiger partial charge is 0.0615 e. The van der Waals surface area contributed by atoms with Gasteiger partial charge >= 0.3 is 0 Å². The molecule has 0 radical (unpaired) electrons.